The number of aromatic nitrogens is 3. The van der Waals surface area contributed by atoms with E-state index in [1.807, 2.05) is 141 Å². The molecule has 3 aliphatic rings. The lowest BCUT2D eigenvalue weighted by Gasteiger charge is -2.16. The molecule has 0 spiro atoms. The minimum atomic E-state index is -0.0174. The van der Waals surface area contributed by atoms with Crippen LogP contribution in [0.2, 0.25) is 0 Å². The van der Waals surface area contributed by atoms with Crippen LogP contribution in [0.15, 0.2) is 127 Å². The van der Waals surface area contributed by atoms with Gasteiger partial charge in [-0.3, -0.25) is 34.3 Å². The number of pyridine rings is 2. The quantitative estimate of drug-likeness (QED) is 0.0790. The third-order valence-electron chi connectivity index (χ3n) is 25.3. The molecule has 0 amide bonds. The van der Waals surface area contributed by atoms with E-state index in [0.717, 1.165) is 89.8 Å². The van der Waals surface area contributed by atoms with E-state index < -0.39 is 0 Å². The molecule has 7 heterocycles. The second-order valence-corrected chi connectivity index (χ2v) is 39.3. The van der Waals surface area contributed by atoms with Crippen LogP contribution >= 0.6 is 48.0 Å². The van der Waals surface area contributed by atoms with Crippen molar-refractivity contribution >= 4 is 103 Å². The topological polar surface area (TPSA) is 120 Å². The van der Waals surface area contributed by atoms with Gasteiger partial charge in [-0.2, -0.15) is 0 Å². The molecule has 5 aromatic heterocycles. The number of hydrogen-bond acceptors (Lipinski definition) is 12. The highest BCUT2D eigenvalue weighted by atomic mass is 32.1. The first-order valence-electron chi connectivity index (χ1n) is 44.5. The number of thiocarbonyl (C=S) groups is 3. The van der Waals surface area contributed by atoms with Gasteiger partial charge in [0.15, 0.2) is 23.1 Å². The zero-order valence-electron chi connectivity index (χ0n) is 87.7. The average molecular weight is 1800 g/mol. The molecular weight excluding hydrogens is 1640 g/mol. The van der Waals surface area contributed by atoms with E-state index in [0.29, 0.717) is 5.76 Å². The molecule has 0 bridgehead atoms. The Balaban J connectivity index is 0.000000485. The molecular formula is C115H157N5O4S4. The predicted molar refractivity (Wildman–Crippen MR) is 574 cm³/mol. The number of aryl methyl sites for hydroxylation is 14. The van der Waals surface area contributed by atoms with Gasteiger partial charge in [0.25, 0.3) is 0 Å². The highest BCUT2D eigenvalue weighted by Gasteiger charge is 2.23. The summed E-state index contributed by atoms with van der Waals surface area (Å²) in [5.74, 6) is 1.56. The Kier molecular flexibility index (Phi) is 45.8. The first-order chi connectivity index (χ1) is 58.9. The lowest BCUT2D eigenvalue weighted by atomic mass is 9.89. The average Bonchev–Trinajstić information content (AvgIpc) is 1.60. The van der Waals surface area contributed by atoms with Gasteiger partial charge < -0.3 is 8.98 Å². The summed E-state index contributed by atoms with van der Waals surface area (Å²) < 4.78 is 7.05. The standard InChI is InChI=1S/C18H24.2C16H21N.C12H16S.2C10H13NS.C9H13NO.C8H10O2.C8H10OS.2C4H8/c1-10-8-18(16(7)14(5)12(10)3)17-9-11(2)13(4)15(17)6;1-9-7-15(13(5)12(4)11(9)3)16-8-10(2)17-14(16)6;1-9-7-15(13(5)12(4)11(9)3)16-8-10(2)14(6)17-16;1-7-6-12(11(5)13)10(4)9(3)8(7)2;1-6-5-10(9(4)12)8(3)11-7(6)2;1-6-5-10(9(4)12)11-8(3)7(6)2;1-6-5-9(8(3)11)10(4)7(6)2;2*1-5-4-8(6(2)9)10-7(5)3;2*1-4(2)3/h8H,9H2,1-7H3;2*7H,8H2,1-6H3;6H,1-5H3;2*5H,1-4H3;5H,1-4H3;2*4H,1-3H3;2*1H2,2-3H3. The molecule has 0 N–H and O–H groups in total. The van der Waals surface area contributed by atoms with Crippen LogP contribution in [-0.4, -0.2) is 57.9 Å². The summed E-state index contributed by atoms with van der Waals surface area (Å²) in [6.45, 7) is 100. The first-order valence-corrected chi connectivity index (χ1v) is 46.5. The van der Waals surface area contributed by atoms with Gasteiger partial charge in [0.1, 0.15) is 5.76 Å². The number of allylic oxidation sites excluding steroid dienone is 10. The van der Waals surface area contributed by atoms with Gasteiger partial charge in [-0.15, -0.1) is 24.5 Å². The Bertz CT molecular complexity index is 5780. The lowest BCUT2D eigenvalue weighted by molar-refractivity contribution is 0.0982. The fraction of sp³-hybridized carbons (Fsp3) is 0.426. The van der Waals surface area contributed by atoms with E-state index in [1.165, 1.54) is 218 Å². The molecule has 0 radical (unpaired) electrons. The number of benzene rings is 4. The molecule has 2 aliphatic heterocycles. The Morgan fingerprint density at radius 2 is 0.789 bits per heavy atom. The third-order valence-corrected chi connectivity index (χ3v) is 27.2. The predicted octanol–water partition coefficient (Wildman–Crippen LogP) is 33.2. The van der Waals surface area contributed by atoms with E-state index in [9.17, 15) is 14.4 Å². The molecule has 128 heavy (non-hydrogen) atoms. The van der Waals surface area contributed by atoms with Gasteiger partial charge in [-0.1, -0.05) is 71.6 Å². The van der Waals surface area contributed by atoms with Crippen molar-refractivity contribution in [1.29, 1.82) is 0 Å². The largest absolute Gasteiger partial charge is 0.458 e. The van der Waals surface area contributed by atoms with E-state index >= 15 is 0 Å². The van der Waals surface area contributed by atoms with Gasteiger partial charge in [-0.25, -0.2) is 0 Å². The van der Waals surface area contributed by atoms with E-state index in [4.69, 9.17) is 46.1 Å². The van der Waals surface area contributed by atoms with Crippen molar-refractivity contribution in [2.75, 3.05) is 0 Å². The number of furan rings is 1. The SMILES string of the molecule is C=C(C)C.C=C(C)C.CC(=O)c1cc(C)c(C)n1C.CC(=O)c1cc(C)c(C)o1.CC(=O)c1cc(C)c(C)s1.CC(=S)c1cc(C)c(C)c(C)c1C.CC(=S)c1cc(C)c(C)c(C)n1.CC(=S)c1cc(C)c(C)nc1C.CC1=C(C)C(C)=C(c2cc(C)c(C)c(C)c2C)C1.CC1=C(C)N=C(c2cc(C)c(C)c(C)c2C)C1.CC1=NC(C)=C(c2cc(C)c(C)c(C)c2C)C1. The number of ketones is 3. The number of aliphatic imine (C=N–C) groups is 2. The smallest absolute Gasteiger partial charge is 0.194 e. The molecule has 9 aromatic rings. The van der Waals surface area contributed by atoms with Crippen LogP contribution in [0.3, 0.4) is 0 Å². The maximum Gasteiger partial charge on any atom is 0.194 e. The molecule has 0 saturated heterocycles. The van der Waals surface area contributed by atoms with Crippen molar-refractivity contribution in [3.8, 4) is 0 Å². The number of hydrogen-bond donors (Lipinski definition) is 0. The number of carbonyl (C=O) groups excluding carboxylic acids is 3. The highest BCUT2D eigenvalue weighted by molar-refractivity contribution is 7.81. The Morgan fingerprint density at radius 3 is 1.11 bits per heavy atom. The highest BCUT2D eigenvalue weighted by Crippen LogP contribution is 2.41. The van der Waals surface area contributed by atoms with Gasteiger partial charge in [0.2, 0.25) is 0 Å². The molecule has 4 aromatic carbocycles. The van der Waals surface area contributed by atoms with Gasteiger partial charge in [0, 0.05) is 98.7 Å². The minimum Gasteiger partial charge on any atom is -0.458 e. The van der Waals surface area contributed by atoms with Crippen molar-refractivity contribution in [3.05, 3.63) is 318 Å². The second kappa shape index (κ2) is 51.2. The van der Waals surface area contributed by atoms with E-state index in [1.54, 1.807) is 31.3 Å². The van der Waals surface area contributed by atoms with E-state index in [2.05, 4.69) is 238 Å². The third kappa shape index (κ3) is 32.6. The molecule has 0 atom stereocenters. The van der Waals surface area contributed by atoms with Crippen molar-refractivity contribution in [2.45, 2.75) is 331 Å². The first kappa shape index (κ1) is 115. The molecule has 0 saturated carbocycles. The molecule has 13 heteroatoms. The number of rotatable bonds is 9. The molecule has 1 aliphatic carbocycles. The summed E-state index contributed by atoms with van der Waals surface area (Å²) in [6, 6.07) is 19.0. The van der Waals surface area contributed by atoms with Gasteiger partial charge in [-0.05, 0) is 513 Å². The van der Waals surface area contributed by atoms with Crippen LogP contribution in [0.5, 0.6) is 0 Å². The number of carbonyl (C=O) groups is 3. The summed E-state index contributed by atoms with van der Waals surface area (Å²) in [7, 11) is 1.92. The lowest BCUT2D eigenvalue weighted by Crippen LogP contribution is -2.05. The molecule has 690 valence electrons. The van der Waals surface area contributed by atoms with Crippen LogP contribution in [0.4, 0.5) is 0 Å². The summed E-state index contributed by atoms with van der Waals surface area (Å²) in [6.07, 6.45) is 3.14. The minimum absolute atomic E-state index is 0.0174. The maximum atomic E-state index is 11.0. The Labute approximate surface area is 796 Å². The summed E-state index contributed by atoms with van der Waals surface area (Å²) in [4.78, 5) is 55.5. The monoisotopic (exact) mass is 1800 g/mol. The number of thiophene rings is 1. The zero-order valence-corrected chi connectivity index (χ0v) is 91.0. The maximum absolute atomic E-state index is 11.0. The fourth-order valence-corrected chi connectivity index (χ4v) is 15.8. The summed E-state index contributed by atoms with van der Waals surface area (Å²) in [5, 5.41) is 0. The van der Waals surface area contributed by atoms with Crippen LogP contribution in [0, 0.1) is 194 Å². The zero-order chi connectivity index (χ0) is 99.1. The van der Waals surface area contributed by atoms with Crippen molar-refractivity contribution in [2.24, 2.45) is 17.0 Å². The fourth-order valence-electron chi connectivity index (χ4n) is 14.4. The Morgan fingerprint density at radius 1 is 0.359 bits per heavy atom. The summed E-state index contributed by atoms with van der Waals surface area (Å²) >= 11 is 17.0. The van der Waals surface area contributed by atoms with Crippen LogP contribution in [-0.2, 0) is 7.05 Å². The molecule has 9 nitrogen and oxygen atoms in total. The molecule has 0 fully saturated rings. The number of nitrogens with zero attached hydrogens (tertiary/aromatic N) is 5. The van der Waals surface area contributed by atoms with Crippen LogP contribution in [0.1, 0.15) is 357 Å². The van der Waals surface area contributed by atoms with Crippen molar-refractivity contribution in [3.63, 3.8) is 0 Å². The summed E-state index contributed by atoms with van der Waals surface area (Å²) in [5.41, 5.74) is 58.2. The van der Waals surface area contributed by atoms with Crippen LogP contribution in [0.25, 0.3) is 11.1 Å². The molecule has 12 rings (SSSR count). The van der Waals surface area contributed by atoms with Gasteiger partial charge in [0.05, 0.1) is 22.0 Å². The van der Waals surface area contributed by atoms with Crippen molar-refractivity contribution < 1.29 is 18.8 Å². The number of Topliss-reactive ketones (excluding diaryl/α,β-unsaturated/α-hetero) is 3. The van der Waals surface area contributed by atoms with E-state index in [-0.39, 0.29) is 17.3 Å². The van der Waals surface area contributed by atoms with Crippen molar-refractivity contribution in [1.82, 2.24) is 14.5 Å². The Hall–Kier alpha value is -9.50. The molecule has 0 unspecified atom stereocenters. The normalized spacial score (nSPS) is 12.1. The second-order valence-electron chi connectivity index (χ2n) is 36.2. The van der Waals surface area contributed by atoms with Gasteiger partial charge >= 0.3 is 0 Å². The van der Waals surface area contributed by atoms with Crippen LogP contribution < -0.4 is 0 Å².